The Kier molecular flexibility index (Phi) is 8.42. The molecule has 17 heavy (non-hydrogen) atoms. The zero-order chi connectivity index (χ0) is 13.3. The SMILES string of the molecule is CC(C)=CCC/C(C)=C\C(O)CCCC(=O)O. The van der Waals surface area contributed by atoms with Gasteiger partial charge in [-0.1, -0.05) is 23.3 Å². The summed E-state index contributed by atoms with van der Waals surface area (Å²) in [5.41, 5.74) is 2.46. The van der Waals surface area contributed by atoms with E-state index in [9.17, 15) is 9.90 Å². The Hall–Kier alpha value is -1.09. The second-order valence-corrected chi connectivity index (χ2v) is 4.69. The first kappa shape index (κ1) is 15.9. The maximum absolute atomic E-state index is 10.3. The fourth-order valence-electron chi connectivity index (χ4n) is 1.55. The highest BCUT2D eigenvalue weighted by Gasteiger charge is 2.03. The number of carbonyl (C=O) groups is 1. The number of carboxylic acid groups (broad SMARTS) is 1. The van der Waals surface area contributed by atoms with Crippen LogP contribution in [0.1, 0.15) is 52.9 Å². The van der Waals surface area contributed by atoms with Crippen molar-refractivity contribution in [1.29, 1.82) is 0 Å². The third-order valence-electron chi connectivity index (χ3n) is 2.46. The standard InChI is InChI=1S/C14H24O3/c1-11(2)6-4-7-12(3)10-13(15)8-5-9-14(16)17/h6,10,13,15H,4-5,7-9H2,1-3H3,(H,16,17)/b12-10-. The van der Waals surface area contributed by atoms with E-state index in [1.807, 2.05) is 13.0 Å². The number of rotatable bonds is 8. The van der Waals surface area contributed by atoms with E-state index in [1.54, 1.807) is 0 Å². The van der Waals surface area contributed by atoms with Crippen LogP contribution in [-0.4, -0.2) is 22.3 Å². The van der Waals surface area contributed by atoms with Gasteiger partial charge < -0.3 is 10.2 Å². The van der Waals surface area contributed by atoms with E-state index in [1.165, 1.54) is 5.57 Å². The lowest BCUT2D eigenvalue weighted by Gasteiger charge is -2.06. The van der Waals surface area contributed by atoms with Crippen molar-refractivity contribution in [3.05, 3.63) is 23.3 Å². The summed E-state index contributed by atoms with van der Waals surface area (Å²) >= 11 is 0. The minimum Gasteiger partial charge on any atom is -0.481 e. The van der Waals surface area contributed by atoms with Crippen molar-refractivity contribution in [2.24, 2.45) is 0 Å². The molecule has 0 radical (unpaired) electrons. The van der Waals surface area contributed by atoms with Crippen LogP contribution in [0, 0.1) is 0 Å². The highest BCUT2D eigenvalue weighted by Crippen LogP contribution is 2.10. The predicted molar refractivity (Wildman–Crippen MR) is 69.9 cm³/mol. The maximum atomic E-state index is 10.3. The predicted octanol–water partition coefficient (Wildman–Crippen LogP) is 3.29. The summed E-state index contributed by atoms with van der Waals surface area (Å²) in [6.45, 7) is 6.14. The summed E-state index contributed by atoms with van der Waals surface area (Å²) in [4.78, 5) is 10.3. The van der Waals surface area contributed by atoms with Crippen LogP contribution in [0.2, 0.25) is 0 Å². The molecule has 3 nitrogen and oxygen atoms in total. The summed E-state index contributed by atoms with van der Waals surface area (Å²) in [6, 6.07) is 0. The van der Waals surface area contributed by atoms with Gasteiger partial charge in [-0.3, -0.25) is 4.79 Å². The van der Waals surface area contributed by atoms with Gasteiger partial charge in [0, 0.05) is 6.42 Å². The molecule has 1 unspecified atom stereocenters. The Labute approximate surface area is 104 Å². The molecule has 0 rings (SSSR count). The van der Waals surface area contributed by atoms with Crippen molar-refractivity contribution in [2.75, 3.05) is 0 Å². The largest absolute Gasteiger partial charge is 0.481 e. The van der Waals surface area contributed by atoms with Crippen molar-refractivity contribution in [2.45, 2.75) is 59.0 Å². The van der Waals surface area contributed by atoms with Gasteiger partial charge in [0.25, 0.3) is 0 Å². The molecule has 3 heteroatoms. The Balaban J connectivity index is 3.85. The van der Waals surface area contributed by atoms with Crippen molar-refractivity contribution in [3.63, 3.8) is 0 Å². The summed E-state index contributed by atoms with van der Waals surface area (Å²) in [6.07, 6.45) is 6.60. The van der Waals surface area contributed by atoms with Gasteiger partial charge in [-0.15, -0.1) is 0 Å². The van der Waals surface area contributed by atoms with Crippen molar-refractivity contribution < 1.29 is 15.0 Å². The van der Waals surface area contributed by atoms with Crippen molar-refractivity contribution >= 4 is 5.97 Å². The Morgan fingerprint density at radius 3 is 2.41 bits per heavy atom. The van der Waals surface area contributed by atoms with Gasteiger partial charge in [0.15, 0.2) is 0 Å². The van der Waals surface area contributed by atoms with Gasteiger partial charge in [0.2, 0.25) is 0 Å². The molecule has 0 saturated carbocycles. The van der Waals surface area contributed by atoms with Crippen LogP contribution >= 0.6 is 0 Å². The van der Waals surface area contributed by atoms with E-state index in [-0.39, 0.29) is 6.42 Å². The normalized spacial score (nSPS) is 13.3. The van der Waals surface area contributed by atoms with Crippen LogP contribution in [0.25, 0.3) is 0 Å². The Bertz CT molecular complexity index is 286. The lowest BCUT2D eigenvalue weighted by atomic mass is 10.1. The molecule has 0 aromatic carbocycles. The van der Waals surface area contributed by atoms with Gasteiger partial charge in [0.1, 0.15) is 0 Å². The molecule has 0 amide bonds. The zero-order valence-corrected chi connectivity index (χ0v) is 11.1. The monoisotopic (exact) mass is 240 g/mol. The van der Waals surface area contributed by atoms with Gasteiger partial charge in [-0.05, 0) is 46.5 Å². The number of hydrogen-bond acceptors (Lipinski definition) is 2. The second-order valence-electron chi connectivity index (χ2n) is 4.69. The minimum atomic E-state index is -0.804. The lowest BCUT2D eigenvalue weighted by Crippen LogP contribution is -2.05. The first-order chi connectivity index (χ1) is 7.91. The van der Waals surface area contributed by atoms with Gasteiger partial charge >= 0.3 is 5.97 Å². The maximum Gasteiger partial charge on any atom is 0.303 e. The average Bonchev–Trinajstić information content (AvgIpc) is 2.15. The van der Waals surface area contributed by atoms with E-state index in [0.717, 1.165) is 18.4 Å². The fraction of sp³-hybridized carbons (Fsp3) is 0.643. The molecular weight excluding hydrogens is 216 g/mol. The molecule has 1 atom stereocenters. The molecule has 2 N–H and O–H groups in total. The van der Waals surface area contributed by atoms with Gasteiger partial charge in [-0.25, -0.2) is 0 Å². The summed E-state index contributed by atoms with van der Waals surface area (Å²) in [5.74, 6) is -0.804. The highest BCUT2D eigenvalue weighted by atomic mass is 16.4. The third-order valence-corrected chi connectivity index (χ3v) is 2.46. The summed E-state index contributed by atoms with van der Waals surface area (Å²) in [5, 5.41) is 18.1. The quantitative estimate of drug-likeness (QED) is 0.640. The van der Waals surface area contributed by atoms with Crippen LogP contribution in [0.3, 0.4) is 0 Å². The fourth-order valence-corrected chi connectivity index (χ4v) is 1.55. The molecule has 0 fully saturated rings. The number of aliphatic hydroxyl groups excluding tert-OH is 1. The molecule has 0 bridgehead atoms. The Morgan fingerprint density at radius 2 is 1.88 bits per heavy atom. The molecule has 0 heterocycles. The molecule has 0 spiro atoms. The highest BCUT2D eigenvalue weighted by molar-refractivity contribution is 5.66. The smallest absolute Gasteiger partial charge is 0.303 e. The van der Waals surface area contributed by atoms with Crippen LogP contribution in [0.15, 0.2) is 23.3 Å². The molecule has 0 aromatic rings. The zero-order valence-electron chi connectivity index (χ0n) is 11.1. The number of aliphatic hydroxyl groups is 1. The van der Waals surface area contributed by atoms with Crippen molar-refractivity contribution in [1.82, 2.24) is 0 Å². The molecule has 0 aliphatic heterocycles. The van der Waals surface area contributed by atoms with E-state index < -0.39 is 12.1 Å². The van der Waals surface area contributed by atoms with E-state index in [4.69, 9.17) is 5.11 Å². The lowest BCUT2D eigenvalue weighted by molar-refractivity contribution is -0.137. The molecular formula is C14H24O3. The van der Waals surface area contributed by atoms with Crippen LogP contribution < -0.4 is 0 Å². The topological polar surface area (TPSA) is 57.5 Å². The second kappa shape index (κ2) is 8.99. The molecule has 0 aliphatic rings. The van der Waals surface area contributed by atoms with Crippen LogP contribution in [0.4, 0.5) is 0 Å². The molecule has 98 valence electrons. The molecule has 0 aromatic heterocycles. The van der Waals surface area contributed by atoms with E-state index in [0.29, 0.717) is 12.8 Å². The third kappa shape index (κ3) is 11.2. The molecule has 0 saturated heterocycles. The van der Waals surface area contributed by atoms with Crippen LogP contribution in [-0.2, 0) is 4.79 Å². The number of carboxylic acids is 1. The first-order valence-corrected chi connectivity index (χ1v) is 6.12. The number of aliphatic carboxylic acids is 1. The average molecular weight is 240 g/mol. The van der Waals surface area contributed by atoms with Crippen molar-refractivity contribution in [3.8, 4) is 0 Å². The van der Waals surface area contributed by atoms with Gasteiger partial charge in [0.05, 0.1) is 6.10 Å². The van der Waals surface area contributed by atoms with E-state index >= 15 is 0 Å². The Morgan fingerprint density at radius 1 is 1.24 bits per heavy atom. The van der Waals surface area contributed by atoms with Crippen LogP contribution in [0.5, 0.6) is 0 Å². The minimum absolute atomic E-state index is 0.127. The van der Waals surface area contributed by atoms with E-state index in [2.05, 4.69) is 19.9 Å². The summed E-state index contributed by atoms with van der Waals surface area (Å²) < 4.78 is 0. The first-order valence-electron chi connectivity index (χ1n) is 6.12. The number of allylic oxidation sites excluding steroid dienone is 3. The number of hydrogen-bond donors (Lipinski definition) is 2. The van der Waals surface area contributed by atoms with Gasteiger partial charge in [-0.2, -0.15) is 0 Å². The summed E-state index contributed by atoms with van der Waals surface area (Å²) in [7, 11) is 0. The molecule has 0 aliphatic carbocycles.